The first kappa shape index (κ1) is 8.88. The molecule has 0 heterocycles. The molecule has 0 spiro atoms. The van der Waals surface area contributed by atoms with Crippen LogP contribution in [0, 0.1) is 0 Å². The number of hydrogen-bond acceptors (Lipinski definition) is 3. The number of carbonyl (C=O) groups excluding carboxylic acids is 2. The zero-order valence-electron chi connectivity index (χ0n) is 4.30. The van der Waals surface area contributed by atoms with Crippen LogP contribution in [0.4, 0.5) is 0 Å². The summed E-state index contributed by atoms with van der Waals surface area (Å²) in [7, 11) is 0. The van der Waals surface area contributed by atoms with Gasteiger partial charge in [-0.15, -0.1) is 0 Å². The van der Waals surface area contributed by atoms with Gasteiger partial charge in [-0.05, 0) is 11.6 Å². The summed E-state index contributed by atoms with van der Waals surface area (Å²) >= 11 is 9.65. The molecule has 0 saturated heterocycles. The van der Waals surface area contributed by atoms with Crippen LogP contribution in [0.2, 0.25) is 0 Å². The van der Waals surface area contributed by atoms with Crippen molar-refractivity contribution in [3.05, 3.63) is 0 Å². The van der Waals surface area contributed by atoms with Gasteiger partial charge >= 0.3 is 0 Å². The molecule has 0 aromatic heterocycles. The highest BCUT2D eigenvalue weighted by Gasteiger charge is 2.13. The highest BCUT2D eigenvalue weighted by Crippen LogP contribution is 1.98. The first-order valence-corrected chi connectivity index (χ1v) is 2.88. The monoisotopic (exact) mass is 170 g/mol. The largest absolute Gasteiger partial charge is 0.371 e. The zero-order valence-corrected chi connectivity index (χ0v) is 5.82. The number of Topliss-reactive ketones (excluding diaryl/α,β-unsaturated/α-hetero) is 1. The third-order valence-corrected chi connectivity index (χ3v) is 0.956. The molecule has 0 aromatic rings. The lowest BCUT2D eigenvalue weighted by molar-refractivity contribution is -0.127. The van der Waals surface area contributed by atoms with Gasteiger partial charge in [-0.2, -0.15) is 0 Å². The van der Waals surface area contributed by atoms with Gasteiger partial charge < -0.3 is 5.11 Å². The van der Waals surface area contributed by atoms with E-state index in [-0.39, 0.29) is 0 Å². The van der Waals surface area contributed by atoms with E-state index in [1.165, 1.54) is 0 Å². The zero-order chi connectivity index (χ0) is 7.44. The topological polar surface area (TPSA) is 54.4 Å². The number of rotatable bonds is 3. The second-order valence-corrected chi connectivity index (χ2v) is 2.17. The quantitative estimate of drug-likeness (QED) is 0.376. The Kier molecular flexibility index (Phi) is 3.77. The Morgan fingerprint density at radius 1 is 1.56 bits per heavy atom. The van der Waals surface area contributed by atoms with Crippen molar-refractivity contribution in [1.29, 1.82) is 0 Å². The first-order chi connectivity index (χ1) is 4.04. The van der Waals surface area contributed by atoms with Crippen molar-refractivity contribution in [2.45, 2.75) is 12.0 Å². The van der Waals surface area contributed by atoms with E-state index in [0.717, 1.165) is 0 Å². The molecule has 0 radical (unpaired) electrons. The molecule has 1 atom stereocenters. The van der Waals surface area contributed by atoms with E-state index in [0.29, 0.717) is 0 Å². The van der Waals surface area contributed by atoms with Crippen molar-refractivity contribution in [3.8, 4) is 0 Å². The van der Waals surface area contributed by atoms with Crippen molar-refractivity contribution in [3.63, 3.8) is 0 Å². The van der Waals surface area contributed by atoms with Gasteiger partial charge in [0.1, 0.15) is 0 Å². The van der Waals surface area contributed by atoms with E-state index in [4.69, 9.17) is 28.3 Å². The summed E-state index contributed by atoms with van der Waals surface area (Å²) in [5.74, 6) is -0.781. The van der Waals surface area contributed by atoms with Crippen LogP contribution in [0.5, 0.6) is 0 Å². The van der Waals surface area contributed by atoms with E-state index in [1.807, 2.05) is 0 Å². The van der Waals surface area contributed by atoms with E-state index >= 15 is 0 Å². The number of ketones is 1. The molecule has 0 aliphatic heterocycles. The molecule has 1 N–H and O–H groups in total. The molecule has 0 saturated carbocycles. The summed E-state index contributed by atoms with van der Waals surface area (Å²) in [4.78, 5) is 20.2. The van der Waals surface area contributed by atoms with Crippen LogP contribution in [0.1, 0.15) is 6.42 Å². The smallest absolute Gasteiger partial charge is 0.229 e. The Balaban J connectivity index is 3.64. The van der Waals surface area contributed by atoms with E-state index in [2.05, 4.69) is 0 Å². The number of hydrogen-bond donors (Lipinski definition) is 1. The molecule has 0 amide bonds. The number of aliphatic hydroxyl groups excluding tert-OH is 1. The lowest BCUT2D eigenvalue weighted by Gasteiger charge is -1.94. The van der Waals surface area contributed by atoms with Crippen LogP contribution in [0.25, 0.3) is 0 Å². The minimum atomic E-state index is -1.62. The Morgan fingerprint density at radius 2 is 2.00 bits per heavy atom. The predicted octanol–water partition coefficient (Wildman–Crippen LogP) is 0.268. The molecule has 9 heavy (non-hydrogen) atoms. The van der Waals surface area contributed by atoms with E-state index in [1.54, 1.807) is 0 Å². The van der Waals surface area contributed by atoms with Gasteiger partial charge in [0.2, 0.25) is 5.24 Å². The third-order valence-electron chi connectivity index (χ3n) is 0.579. The minimum absolute atomic E-state index is 0.522. The summed E-state index contributed by atoms with van der Waals surface area (Å²) in [6.07, 6.45) is -0.522. The summed E-state index contributed by atoms with van der Waals surface area (Å²) in [5, 5.41) is 7.46. The first-order valence-electron chi connectivity index (χ1n) is 2.07. The molecule has 3 nitrogen and oxygen atoms in total. The fraction of sp³-hybridized carbons (Fsp3) is 0.500. The average Bonchev–Trinajstić information content (AvgIpc) is 1.63. The second kappa shape index (κ2) is 3.82. The maximum absolute atomic E-state index is 10.3. The lowest BCUT2D eigenvalue weighted by Crippen LogP contribution is -2.15. The fourth-order valence-electron chi connectivity index (χ4n) is 0.221. The molecular formula is C4H4Cl2O3. The van der Waals surface area contributed by atoms with Crippen molar-refractivity contribution in [1.82, 2.24) is 0 Å². The number of aliphatic hydroxyl groups is 1. The second-order valence-electron chi connectivity index (χ2n) is 1.33. The normalized spacial score (nSPS) is 12.8. The third kappa shape index (κ3) is 4.39. The van der Waals surface area contributed by atoms with Crippen molar-refractivity contribution in [2.24, 2.45) is 0 Å². The minimum Gasteiger partial charge on any atom is -0.371 e. The SMILES string of the molecule is O=C(Cl)CC(=O)C(O)Cl. The summed E-state index contributed by atoms with van der Waals surface area (Å²) in [5.41, 5.74) is -1.62. The van der Waals surface area contributed by atoms with Gasteiger partial charge in [-0.1, -0.05) is 11.6 Å². The molecule has 52 valence electrons. The highest BCUT2D eigenvalue weighted by molar-refractivity contribution is 6.65. The summed E-state index contributed by atoms with van der Waals surface area (Å²) < 4.78 is 0. The average molecular weight is 171 g/mol. The fourth-order valence-corrected chi connectivity index (χ4v) is 0.430. The van der Waals surface area contributed by atoms with Crippen LogP contribution in [0.3, 0.4) is 0 Å². The van der Waals surface area contributed by atoms with Gasteiger partial charge in [0.25, 0.3) is 0 Å². The molecular weight excluding hydrogens is 167 g/mol. The Morgan fingerprint density at radius 3 is 2.11 bits per heavy atom. The number of carbonyl (C=O) groups is 2. The molecule has 0 aliphatic carbocycles. The Hall–Kier alpha value is -0.120. The van der Waals surface area contributed by atoms with Crippen LogP contribution in [-0.4, -0.2) is 21.7 Å². The Labute approximate surface area is 61.6 Å². The van der Waals surface area contributed by atoms with Crippen molar-refractivity contribution < 1.29 is 14.7 Å². The van der Waals surface area contributed by atoms with E-state index < -0.39 is 23.0 Å². The molecule has 0 aliphatic rings. The van der Waals surface area contributed by atoms with Gasteiger partial charge in [0.05, 0.1) is 6.42 Å². The van der Waals surface area contributed by atoms with Crippen molar-refractivity contribution >= 4 is 34.2 Å². The molecule has 0 fully saturated rings. The predicted molar refractivity (Wildman–Crippen MR) is 32.3 cm³/mol. The maximum atomic E-state index is 10.3. The lowest BCUT2D eigenvalue weighted by atomic mass is 10.3. The van der Waals surface area contributed by atoms with Gasteiger partial charge in [0.15, 0.2) is 11.3 Å². The highest BCUT2D eigenvalue weighted by atomic mass is 35.5. The Bertz CT molecular complexity index is 132. The standard InChI is InChI=1S/C4H4Cl2O3/c5-3(8)1-2(7)4(6)9/h4,9H,1H2. The van der Waals surface area contributed by atoms with Crippen LogP contribution < -0.4 is 0 Å². The van der Waals surface area contributed by atoms with Gasteiger partial charge in [0, 0.05) is 0 Å². The molecule has 5 heteroatoms. The summed E-state index contributed by atoms with van der Waals surface area (Å²) in [6.45, 7) is 0. The molecule has 1 unspecified atom stereocenters. The van der Waals surface area contributed by atoms with Crippen LogP contribution >= 0.6 is 23.2 Å². The maximum Gasteiger partial charge on any atom is 0.229 e. The number of halogens is 2. The van der Waals surface area contributed by atoms with Crippen LogP contribution in [0.15, 0.2) is 0 Å². The van der Waals surface area contributed by atoms with Crippen LogP contribution in [-0.2, 0) is 9.59 Å². The van der Waals surface area contributed by atoms with Crippen molar-refractivity contribution in [2.75, 3.05) is 0 Å². The van der Waals surface area contributed by atoms with Gasteiger partial charge in [-0.25, -0.2) is 0 Å². The molecule has 0 rings (SSSR count). The number of alkyl halides is 1. The van der Waals surface area contributed by atoms with E-state index in [9.17, 15) is 9.59 Å². The van der Waals surface area contributed by atoms with Gasteiger partial charge in [-0.3, -0.25) is 9.59 Å². The molecule has 0 aromatic carbocycles. The molecule has 0 bridgehead atoms. The summed E-state index contributed by atoms with van der Waals surface area (Å²) in [6, 6.07) is 0.